The van der Waals surface area contributed by atoms with E-state index in [1.165, 1.54) is 27.5 Å². The van der Waals surface area contributed by atoms with Crippen molar-refractivity contribution in [1.29, 1.82) is 0 Å². The summed E-state index contributed by atoms with van der Waals surface area (Å²) in [6, 6.07) is 46.2. The van der Waals surface area contributed by atoms with Crippen LogP contribution in [0.1, 0.15) is 40.2 Å². The molecule has 0 saturated carbocycles. The van der Waals surface area contributed by atoms with Crippen LogP contribution in [-0.4, -0.2) is 5.11 Å². The molecule has 7 rings (SSSR count). The molecule has 1 heterocycles. The third-order valence-corrected chi connectivity index (χ3v) is 7.76. The third kappa shape index (κ3) is 3.56. The van der Waals surface area contributed by atoms with Crippen molar-refractivity contribution in [3.63, 3.8) is 0 Å². The van der Waals surface area contributed by atoms with Crippen LogP contribution in [0, 0.1) is 0 Å². The van der Waals surface area contributed by atoms with E-state index in [9.17, 15) is 5.11 Å². The number of aromatic hydroxyl groups is 1. The van der Waals surface area contributed by atoms with E-state index in [2.05, 4.69) is 109 Å². The molecule has 1 aliphatic rings. The van der Waals surface area contributed by atoms with E-state index < -0.39 is 0 Å². The lowest BCUT2D eigenvalue weighted by molar-refractivity contribution is 0.140. The van der Waals surface area contributed by atoms with Gasteiger partial charge in [0.2, 0.25) is 0 Å². The molecule has 0 spiro atoms. The van der Waals surface area contributed by atoms with Crippen molar-refractivity contribution in [2.75, 3.05) is 0 Å². The van der Waals surface area contributed by atoms with Gasteiger partial charge in [-0.3, -0.25) is 0 Å². The van der Waals surface area contributed by atoms with E-state index in [4.69, 9.17) is 4.74 Å². The summed E-state index contributed by atoms with van der Waals surface area (Å²) in [6.45, 7) is 0. The fourth-order valence-corrected chi connectivity index (χ4v) is 6.16. The monoisotopic (exact) mass is 478 g/mol. The molecule has 0 radical (unpaired) electrons. The molecule has 0 saturated heterocycles. The molecule has 2 nitrogen and oxygen atoms in total. The van der Waals surface area contributed by atoms with E-state index in [0.717, 1.165) is 22.1 Å². The minimum Gasteiger partial charge on any atom is -0.508 e. The lowest BCUT2D eigenvalue weighted by atomic mass is 9.69. The van der Waals surface area contributed by atoms with Gasteiger partial charge in [0.25, 0.3) is 0 Å². The summed E-state index contributed by atoms with van der Waals surface area (Å²) in [7, 11) is 0. The van der Waals surface area contributed by atoms with Crippen LogP contribution in [0.3, 0.4) is 0 Å². The highest BCUT2D eigenvalue weighted by Gasteiger charge is 2.43. The van der Waals surface area contributed by atoms with E-state index in [1.54, 1.807) is 6.07 Å². The van der Waals surface area contributed by atoms with Gasteiger partial charge in [0.15, 0.2) is 0 Å². The van der Waals surface area contributed by atoms with Gasteiger partial charge in [0, 0.05) is 23.0 Å². The zero-order valence-electron chi connectivity index (χ0n) is 20.3. The summed E-state index contributed by atoms with van der Waals surface area (Å²) >= 11 is 0. The smallest absolute Gasteiger partial charge is 0.136 e. The maximum Gasteiger partial charge on any atom is 0.136 e. The molecule has 0 fully saturated rings. The van der Waals surface area contributed by atoms with Gasteiger partial charge in [0.05, 0.1) is 0 Å². The fourth-order valence-electron chi connectivity index (χ4n) is 6.16. The van der Waals surface area contributed by atoms with Gasteiger partial charge in [-0.05, 0) is 44.8 Å². The number of phenols is 1. The van der Waals surface area contributed by atoms with Gasteiger partial charge in [-0.15, -0.1) is 0 Å². The fraction of sp³-hybridized carbons (Fsp3) is 0.0857. The number of phenolic OH excluding ortho intramolecular Hbond substituents is 1. The van der Waals surface area contributed by atoms with Crippen molar-refractivity contribution in [2.24, 2.45) is 0 Å². The molecule has 1 N–H and O–H groups in total. The maximum atomic E-state index is 11.3. The van der Waals surface area contributed by atoms with E-state index >= 15 is 0 Å². The van der Waals surface area contributed by atoms with Crippen molar-refractivity contribution in [3.8, 4) is 11.5 Å². The minimum atomic E-state index is -0.382. The number of hydrogen-bond donors (Lipinski definition) is 1. The Balaban J connectivity index is 1.58. The Morgan fingerprint density at radius 2 is 1.03 bits per heavy atom. The van der Waals surface area contributed by atoms with Gasteiger partial charge in [-0.1, -0.05) is 121 Å². The summed E-state index contributed by atoms with van der Waals surface area (Å²) in [5, 5.41) is 15.8. The molecule has 0 aromatic heterocycles. The molecule has 2 heteroatoms. The predicted molar refractivity (Wildman–Crippen MR) is 150 cm³/mol. The second-order valence-corrected chi connectivity index (χ2v) is 9.78. The van der Waals surface area contributed by atoms with Crippen molar-refractivity contribution in [3.05, 3.63) is 156 Å². The molecular weight excluding hydrogens is 452 g/mol. The largest absolute Gasteiger partial charge is 0.508 e. The zero-order chi connectivity index (χ0) is 24.8. The highest BCUT2D eigenvalue weighted by Crippen LogP contribution is 2.57. The molecule has 3 atom stereocenters. The van der Waals surface area contributed by atoms with Crippen LogP contribution in [-0.2, 0) is 0 Å². The lowest BCUT2D eigenvalue weighted by Crippen LogP contribution is -2.29. The summed E-state index contributed by atoms with van der Waals surface area (Å²) in [4.78, 5) is 0. The topological polar surface area (TPSA) is 29.5 Å². The molecule has 0 unspecified atom stereocenters. The summed E-state index contributed by atoms with van der Waals surface area (Å²) in [5.41, 5.74) is 4.47. The quantitative estimate of drug-likeness (QED) is 0.275. The van der Waals surface area contributed by atoms with Crippen LogP contribution in [0.2, 0.25) is 0 Å². The molecule has 1 aliphatic heterocycles. The van der Waals surface area contributed by atoms with Crippen LogP contribution in [0.25, 0.3) is 21.5 Å². The van der Waals surface area contributed by atoms with Gasteiger partial charge >= 0.3 is 0 Å². The Morgan fingerprint density at radius 1 is 0.486 bits per heavy atom. The number of hydrogen-bond acceptors (Lipinski definition) is 2. The molecule has 6 aromatic carbocycles. The number of fused-ring (bicyclic) bond motifs is 4. The Kier molecular flexibility index (Phi) is 5.18. The molecule has 178 valence electrons. The summed E-state index contributed by atoms with van der Waals surface area (Å²) < 4.78 is 6.97. The van der Waals surface area contributed by atoms with E-state index in [-0.39, 0.29) is 23.7 Å². The van der Waals surface area contributed by atoms with Crippen LogP contribution in [0.5, 0.6) is 11.5 Å². The molecule has 6 aromatic rings. The van der Waals surface area contributed by atoms with Gasteiger partial charge in [0.1, 0.15) is 17.6 Å². The van der Waals surface area contributed by atoms with Gasteiger partial charge in [-0.2, -0.15) is 0 Å². The zero-order valence-corrected chi connectivity index (χ0v) is 20.3. The molecule has 37 heavy (non-hydrogen) atoms. The Bertz CT molecular complexity index is 1720. The van der Waals surface area contributed by atoms with Crippen molar-refractivity contribution in [1.82, 2.24) is 0 Å². The number of benzene rings is 6. The second-order valence-electron chi connectivity index (χ2n) is 9.78. The minimum absolute atomic E-state index is 0.0295. The average Bonchev–Trinajstić information content (AvgIpc) is 2.97. The average molecular weight is 479 g/mol. The maximum absolute atomic E-state index is 11.3. The second kappa shape index (κ2) is 8.83. The summed E-state index contributed by atoms with van der Waals surface area (Å²) in [5.74, 6) is 1.11. The Labute approximate surface area is 216 Å². The summed E-state index contributed by atoms with van der Waals surface area (Å²) in [6.07, 6.45) is -0.382. The first-order valence-corrected chi connectivity index (χ1v) is 12.8. The van der Waals surface area contributed by atoms with Crippen molar-refractivity contribution in [2.45, 2.75) is 17.9 Å². The first-order chi connectivity index (χ1) is 18.3. The number of ether oxygens (including phenoxy) is 1. The van der Waals surface area contributed by atoms with Crippen LogP contribution in [0.4, 0.5) is 0 Å². The van der Waals surface area contributed by atoms with Crippen LogP contribution < -0.4 is 4.74 Å². The number of rotatable bonds is 3. The highest BCUT2D eigenvalue weighted by molar-refractivity contribution is 5.91. The highest BCUT2D eigenvalue weighted by atomic mass is 16.5. The first-order valence-electron chi connectivity index (χ1n) is 12.8. The lowest BCUT2D eigenvalue weighted by Gasteiger charge is -2.41. The normalized spacial score (nSPS) is 18.9. The Morgan fingerprint density at radius 3 is 1.70 bits per heavy atom. The Hall–Kier alpha value is -4.56. The van der Waals surface area contributed by atoms with Crippen molar-refractivity contribution < 1.29 is 9.84 Å². The van der Waals surface area contributed by atoms with E-state index in [1.807, 2.05) is 18.2 Å². The molecule has 0 amide bonds. The first kappa shape index (κ1) is 21.7. The van der Waals surface area contributed by atoms with Crippen LogP contribution in [0.15, 0.2) is 133 Å². The predicted octanol–water partition coefficient (Wildman–Crippen LogP) is 8.75. The van der Waals surface area contributed by atoms with Crippen molar-refractivity contribution >= 4 is 21.5 Å². The SMILES string of the molecule is Oc1ccc2ccccc2c1[C@@H]1Oc2ccc3ccccc3c2[C@@H](c2ccccc2)[C@H]1c1ccccc1. The van der Waals surface area contributed by atoms with E-state index in [0.29, 0.717) is 0 Å². The molecule has 0 bridgehead atoms. The molecular formula is C35H26O2. The van der Waals surface area contributed by atoms with Crippen LogP contribution >= 0.6 is 0 Å². The third-order valence-electron chi connectivity index (χ3n) is 7.76. The van der Waals surface area contributed by atoms with Gasteiger partial charge in [-0.25, -0.2) is 0 Å². The van der Waals surface area contributed by atoms with Gasteiger partial charge < -0.3 is 9.84 Å². The molecule has 0 aliphatic carbocycles. The standard InChI is InChI=1S/C35H26O2/c36-29-21-19-23-11-7-9-17-27(23)33(29)35-32(26-15-5-2-6-16-26)31(25-13-3-1-4-14-25)34-28-18-10-8-12-24(28)20-22-30(34)37-35/h1-22,31-32,35-36H/t31-,32+,35+/m0/s1.